The minimum Gasteiger partial charge on any atom is -0.508 e. The number of phenols is 1. The maximum atomic E-state index is 12.5. The molecule has 0 spiro atoms. The highest BCUT2D eigenvalue weighted by molar-refractivity contribution is 7.89. The van der Waals surface area contributed by atoms with Crippen molar-refractivity contribution in [3.8, 4) is 17.0 Å². The molecule has 2 aromatic carbocycles. The molecule has 0 bridgehead atoms. The number of hydrogen-bond acceptors (Lipinski definition) is 5. The monoisotopic (exact) mass is 423 g/mol. The van der Waals surface area contributed by atoms with Gasteiger partial charge in [-0.2, -0.15) is 0 Å². The Hall–Kier alpha value is -2.13. The summed E-state index contributed by atoms with van der Waals surface area (Å²) in [6.07, 6.45) is 0. The second kappa shape index (κ2) is 7.47. The Morgan fingerprint density at radius 3 is 2.44 bits per heavy atom. The summed E-state index contributed by atoms with van der Waals surface area (Å²) in [6, 6.07) is 11.3. The van der Waals surface area contributed by atoms with Crippen molar-refractivity contribution in [3.63, 3.8) is 0 Å². The van der Waals surface area contributed by atoms with Crippen molar-refractivity contribution >= 4 is 38.6 Å². The van der Waals surface area contributed by atoms with Crippen LogP contribution < -0.4 is 4.80 Å². The smallest absolute Gasteiger partial charge is 0.242 e. The number of halogens is 1. The zero-order chi connectivity index (χ0) is 19.8. The number of thiazole rings is 1. The van der Waals surface area contributed by atoms with Gasteiger partial charge >= 0.3 is 0 Å². The summed E-state index contributed by atoms with van der Waals surface area (Å²) in [5, 5.41) is 11.6. The second-order valence-electron chi connectivity index (χ2n) is 6.05. The van der Waals surface area contributed by atoms with E-state index in [1.54, 1.807) is 36.4 Å². The third kappa shape index (κ3) is 4.08. The molecule has 0 aliphatic rings. The summed E-state index contributed by atoms with van der Waals surface area (Å²) in [7, 11) is 1.22. The van der Waals surface area contributed by atoms with Crippen LogP contribution in [0.3, 0.4) is 0 Å². The number of aromatic nitrogens is 1. The third-order valence-electron chi connectivity index (χ3n) is 3.94. The Balaban J connectivity index is 2.10. The molecule has 1 N–H and O–H groups in total. The van der Waals surface area contributed by atoms with Crippen LogP contribution in [-0.2, 0) is 17.1 Å². The predicted octanol–water partition coefficient (Wildman–Crippen LogP) is 3.60. The van der Waals surface area contributed by atoms with Gasteiger partial charge in [-0.1, -0.05) is 11.6 Å². The topological polar surface area (TPSA) is 74.9 Å². The first-order valence-electron chi connectivity index (χ1n) is 7.90. The molecule has 0 aliphatic carbocycles. The number of sulfonamides is 1. The van der Waals surface area contributed by atoms with E-state index in [0.717, 1.165) is 14.8 Å². The van der Waals surface area contributed by atoms with Gasteiger partial charge in [0.1, 0.15) is 5.75 Å². The quantitative estimate of drug-likeness (QED) is 0.696. The maximum absolute atomic E-state index is 12.5. The predicted molar refractivity (Wildman–Crippen MR) is 108 cm³/mol. The molecule has 0 aliphatic heterocycles. The molecule has 0 amide bonds. The zero-order valence-corrected chi connectivity index (χ0v) is 17.3. The molecule has 0 radical (unpaired) electrons. The van der Waals surface area contributed by atoms with Gasteiger partial charge in [-0.15, -0.1) is 11.3 Å². The first-order valence-corrected chi connectivity index (χ1v) is 10.6. The van der Waals surface area contributed by atoms with Gasteiger partial charge < -0.3 is 9.67 Å². The molecule has 0 saturated heterocycles. The highest BCUT2D eigenvalue weighted by Crippen LogP contribution is 2.28. The summed E-state index contributed by atoms with van der Waals surface area (Å²) in [5.74, 6) is 0.179. The number of phenolic OH excluding ortho intramolecular Hbond substituents is 1. The number of hydrogen-bond donors (Lipinski definition) is 1. The molecule has 142 valence electrons. The first-order chi connectivity index (χ1) is 12.7. The summed E-state index contributed by atoms with van der Waals surface area (Å²) < 4.78 is 27.9. The van der Waals surface area contributed by atoms with Crippen molar-refractivity contribution in [2.45, 2.75) is 4.90 Å². The zero-order valence-electron chi connectivity index (χ0n) is 14.9. The average molecular weight is 424 g/mol. The molecular formula is C18H18ClN3O3S2. The van der Waals surface area contributed by atoms with E-state index < -0.39 is 10.0 Å². The molecule has 3 aromatic rings. The minimum atomic E-state index is -3.59. The fourth-order valence-corrected chi connectivity index (χ4v) is 4.64. The van der Waals surface area contributed by atoms with Gasteiger partial charge in [0.25, 0.3) is 0 Å². The number of rotatable bonds is 4. The van der Waals surface area contributed by atoms with Gasteiger partial charge in [0, 0.05) is 37.1 Å². The van der Waals surface area contributed by atoms with Crippen molar-refractivity contribution in [2.75, 3.05) is 14.1 Å². The fraction of sp³-hybridized carbons (Fsp3) is 0.167. The molecule has 9 heteroatoms. The lowest BCUT2D eigenvalue weighted by atomic mass is 10.2. The van der Waals surface area contributed by atoms with E-state index in [2.05, 4.69) is 4.99 Å². The Morgan fingerprint density at radius 2 is 1.81 bits per heavy atom. The van der Waals surface area contributed by atoms with Gasteiger partial charge in [-0.05, 0) is 42.5 Å². The largest absolute Gasteiger partial charge is 0.508 e. The molecule has 0 saturated carbocycles. The van der Waals surface area contributed by atoms with Crippen LogP contribution in [0.4, 0.5) is 5.69 Å². The van der Waals surface area contributed by atoms with E-state index in [9.17, 15) is 13.5 Å². The van der Waals surface area contributed by atoms with Crippen LogP contribution >= 0.6 is 22.9 Å². The van der Waals surface area contributed by atoms with Gasteiger partial charge in [-0.25, -0.2) is 17.7 Å². The van der Waals surface area contributed by atoms with Gasteiger partial charge in [0.05, 0.1) is 16.3 Å². The first kappa shape index (κ1) is 19.6. The van der Waals surface area contributed by atoms with Crippen LogP contribution in [0, 0.1) is 0 Å². The van der Waals surface area contributed by atoms with Crippen molar-refractivity contribution in [1.29, 1.82) is 0 Å². The molecule has 3 rings (SSSR count). The lowest BCUT2D eigenvalue weighted by molar-refractivity contribution is 0.475. The maximum Gasteiger partial charge on any atom is 0.242 e. The Bertz CT molecular complexity index is 1150. The molecule has 27 heavy (non-hydrogen) atoms. The van der Waals surface area contributed by atoms with Gasteiger partial charge in [-0.3, -0.25) is 0 Å². The van der Waals surface area contributed by atoms with E-state index in [4.69, 9.17) is 11.6 Å². The SMILES string of the molecule is CN(C)S(=O)(=O)c1cc(Cl)cc(-c2csc(=Nc3ccc(O)cc3)n2C)c1. The molecular weight excluding hydrogens is 406 g/mol. The summed E-state index contributed by atoms with van der Waals surface area (Å²) in [6.45, 7) is 0. The molecule has 0 fully saturated rings. The Morgan fingerprint density at radius 1 is 1.15 bits per heavy atom. The summed E-state index contributed by atoms with van der Waals surface area (Å²) in [4.78, 5) is 5.43. The normalized spacial score (nSPS) is 12.7. The third-order valence-corrected chi connectivity index (χ3v) is 6.87. The highest BCUT2D eigenvalue weighted by atomic mass is 35.5. The highest BCUT2D eigenvalue weighted by Gasteiger charge is 2.19. The Labute approximate surface area is 166 Å². The van der Waals surface area contributed by atoms with E-state index in [1.807, 2.05) is 17.0 Å². The van der Waals surface area contributed by atoms with Crippen LogP contribution in [0.25, 0.3) is 11.3 Å². The van der Waals surface area contributed by atoms with Crippen molar-refractivity contribution in [3.05, 3.63) is 57.7 Å². The number of nitrogens with zero attached hydrogens (tertiary/aromatic N) is 3. The van der Waals surface area contributed by atoms with Crippen LogP contribution in [0.5, 0.6) is 5.75 Å². The van der Waals surface area contributed by atoms with Crippen molar-refractivity contribution in [1.82, 2.24) is 8.87 Å². The molecule has 0 unspecified atom stereocenters. The van der Waals surface area contributed by atoms with E-state index in [1.165, 1.54) is 31.5 Å². The van der Waals surface area contributed by atoms with Gasteiger partial charge in [0.15, 0.2) is 4.80 Å². The lowest BCUT2D eigenvalue weighted by Gasteiger charge is -2.13. The van der Waals surface area contributed by atoms with E-state index in [0.29, 0.717) is 16.3 Å². The average Bonchev–Trinajstić information content (AvgIpc) is 2.97. The van der Waals surface area contributed by atoms with E-state index in [-0.39, 0.29) is 10.6 Å². The minimum absolute atomic E-state index is 0.137. The summed E-state index contributed by atoms with van der Waals surface area (Å²) in [5.41, 5.74) is 2.20. The molecule has 0 atom stereocenters. The van der Waals surface area contributed by atoms with Crippen LogP contribution in [0.1, 0.15) is 0 Å². The van der Waals surface area contributed by atoms with Crippen LogP contribution in [0.2, 0.25) is 5.02 Å². The van der Waals surface area contributed by atoms with Crippen molar-refractivity contribution in [2.24, 2.45) is 12.0 Å². The number of aromatic hydroxyl groups is 1. The molecule has 1 aromatic heterocycles. The second-order valence-corrected chi connectivity index (χ2v) is 9.48. The van der Waals surface area contributed by atoms with Crippen LogP contribution in [0.15, 0.2) is 57.7 Å². The van der Waals surface area contributed by atoms with Crippen LogP contribution in [-0.4, -0.2) is 36.5 Å². The standard InChI is InChI=1S/C18H18ClN3O3S2/c1-21(2)27(24,25)16-9-12(8-13(19)10-16)17-11-26-18(22(17)3)20-14-4-6-15(23)7-5-14/h4-11,23H,1-3H3. The number of benzene rings is 2. The lowest BCUT2D eigenvalue weighted by Crippen LogP contribution is -2.22. The van der Waals surface area contributed by atoms with Crippen molar-refractivity contribution < 1.29 is 13.5 Å². The molecule has 6 nitrogen and oxygen atoms in total. The van der Waals surface area contributed by atoms with E-state index >= 15 is 0 Å². The summed E-state index contributed by atoms with van der Waals surface area (Å²) >= 11 is 7.60. The molecule has 1 heterocycles. The fourth-order valence-electron chi connectivity index (χ4n) is 2.44. The van der Waals surface area contributed by atoms with Gasteiger partial charge in [0.2, 0.25) is 10.0 Å². The Kier molecular flexibility index (Phi) is 5.43.